The van der Waals surface area contributed by atoms with E-state index in [0.717, 1.165) is 37.8 Å². The average molecular weight is 474 g/mol. The molecule has 0 amide bonds. The Kier molecular flexibility index (Phi) is 5.83. The molecule has 0 radical (unpaired) electrons. The van der Waals surface area contributed by atoms with E-state index in [2.05, 4.69) is 27.5 Å². The molecule has 0 unspecified atom stereocenters. The Bertz CT molecular complexity index is 1470. The zero-order valence-corrected chi connectivity index (χ0v) is 19.7. The number of carbonyl (C=O) groups is 1. The van der Waals surface area contributed by atoms with Gasteiger partial charge in [-0.2, -0.15) is 0 Å². The minimum Gasteiger partial charge on any atom is -0.315 e. The molecule has 0 N–H and O–H groups in total. The van der Waals surface area contributed by atoms with Crippen LogP contribution in [0.5, 0.6) is 0 Å². The number of thiophene rings is 1. The summed E-state index contributed by atoms with van der Waals surface area (Å²) in [5, 5.41) is 3.85. The lowest BCUT2D eigenvalue weighted by atomic mass is 10.1. The quantitative estimate of drug-likeness (QED) is 0.153. The van der Waals surface area contributed by atoms with Crippen LogP contribution in [0.3, 0.4) is 0 Å². The Balaban J connectivity index is 1.45. The van der Waals surface area contributed by atoms with Crippen molar-refractivity contribution in [2.75, 3.05) is 5.75 Å². The number of carbonyl (C=O) groups excluding carboxylic acids is 1. The highest BCUT2D eigenvalue weighted by Crippen LogP contribution is 2.38. The van der Waals surface area contributed by atoms with Crippen LogP contribution in [0.4, 0.5) is 4.39 Å². The molecule has 0 atom stereocenters. The van der Waals surface area contributed by atoms with Gasteiger partial charge in [0.05, 0.1) is 16.8 Å². The zero-order chi connectivity index (χ0) is 22.9. The zero-order valence-electron chi connectivity index (χ0n) is 18.1. The predicted octanol–water partition coefficient (Wildman–Crippen LogP) is 6.88. The first-order valence-corrected chi connectivity index (χ1v) is 12.3. The monoisotopic (exact) mass is 473 g/mol. The molecule has 0 aliphatic rings. The molecule has 0 aliphatic carbocycles. The first-order valence-electron chi connectivity index (χ1n) is 10.4. The van der Waals surface area contributed by atoms with Gasteiger partial charge in [-0.25, -0.2) is 14.4 Å². The molecule has 3 heterocycles. The number of thioether (sulfide) groups is 1. The Labute approximate surface area is 199 Å². The van der Waals surface area contributed by atoms with Gasteiger partial charge < -0.3 is 4.57 Å². The van der Waals surface area contributed by atoms with E-state index in [4.69, 9.17) is 0 Å². The third kappa shape index (κ3) is 3.98. The number of hydrogen-bond acceptors (Lipinski definition) is 5. The molecule has 3 aromatic heterocycles. The highest BCUT2D eigenvalue weighted by atomic mass is 32.2. The number of Topliss-reactive ketones (excluding diaryl/α,β-unsaturated/α-hetero) is 1. The normalized spacial score (nSPS) is 11.2. The van der Waals surface area contributed by atoms with Crippen LogP contribution in [0, 0.1) is 19.7 Å². The van der Waals surface area contributed by atoms with Crippen LogP contribution in [-0.4, -0.2) is 26.1 Å². The lowest BCUT2D eigenvalue weighted by Crippen LogP contribution is -2.06. The third-order valence-electron chi connectivity index (χ3n) is 5.59. The number of rotatable bonds is 6. The van der Waals surface area contributed by atoms with Crippen molar-refractivity contribution in [3.05, 3.63) is 95.1 Å². The molecular weight excluding hydrogens is 453 g/mol. The SMILES string of the molecule is Cc1cc(C(=O)CSc2ncnc3scc(-c4ccccc4)c23)c(C)n1-c1ccccc1F. The summed E-state index contributed by atoms with van der Waals surface area (Å²) in [6.45, 7) is 3.74. The van der Waals surface area contributed by atoms with E-state index >= 15 is 0 Å². The van der Waals surface area contributed by atoms with Crippen LogP contribution in [0.15, 0.2) is 77.4 Å². The van der Waals surface area contributed by atoms with E-state index in [1.807, 2.05) is 38.1 Å². The second kappa shape index (κ2) is 8.92. The average Bonchev–Trinajstić information content (AvgIpc) is 3.40. The van der Waals surface area contributed by atoms with E-state index in [1.165, 1.54) is 17.8 Å². The molecule has 33 heavy (non-hydrogen) atoms. The smallest absolute Gasteiger partial charge is 0.174 e. The predicted molar refractivity (Wildman–Crippen MR) is 133 cm³/mol. The Morgan fingerprint density at radius 1 is 1.06 bits per heavy atom. The lowest BCUT2D eigenvalue weighted by Gasteiger charge is -2.10. The van der Waals surface area contributed by atoms with Crippen molar-refractivity contribution in [3.8, 4) is 16.8 Å². The van der Waals surface area contributed by atoms with E-state index in [0.29, 0.717) is 11.3 Å². The molecule has 5 aromatic rings. The number of ketones is 1. The van der Waals surface area contributed by atoms with Crippen molar-refractivity contribution in [3.63, 3.8) is 0 Å². The van der Waals surface area contributed by atoms with Gasteiger partial charge in [0.25, 0.3) is 0 Å². The molecule has 2 aromatic carbocycles. The summed E-state index contributed by atoms with van der Waals surface area (Å²) in [6, 6.07) is 18.5. The molecule has 0 saturated heterocycles. The summed E-state index contributed by atoms with van der Waals surface area (Å²) in [5.41, 5.74) is 4.77. The van der Waals surface area contributed by atoms with Gasteiger partial charge in [0.2, 0.25) is 0 Å². The summed E-state index contributed by atoms with van der Waals surface area (Å²) >= 11 is 2.98. The number of fused-ring (bicyclic) bond motifs is 1. The summed E-state index contributed by atoms with van der Waals surface area (Å²) < 4.78 is 16.2. The highest BCUT2D eigenvalue weighted by Gasteiger charge is 2.20. The molecule has 7 heteroatoms. The van der Waals surface area contributed by atoms with Gasteiger partial charge in [-0.1, -0.05) is 54.2 Å². The highest BCUT2D eigenvalue weighted by molar-refractivity contribution is 8.00. The van der Waals surface area contributed by atoms with Crippen molar-refractivity contribution in [1.82, 2.24) is 14.5 Å². The number of benzene rings is 2. The van der Waals surface area contributed by atoms with E-state index < -0.39 is 0 Å². The largest absolute Gasteiger partial charge is 0.315 e. The Morgan fingerprint density at radius 2 is 1.82 bits per heavy atom. The fourth-order valence-electron chi connectivity index (χ4n) is 4.05. The van der Waals surface area contributed by atoms with Crippen molar-refractivity contribution in [1.29, 1.82) is 0 Å². The van der Waals surface area contributed by atoms with Crippen molar-refractivity contribution in [2.45, 2.75) is 18.9 Å². The minimum atomic E-state index is -0.318. The topological polar surface area (TPSA) is 47.8 Å². The Morgan fingerprint density at radius 3 is 2.61 bits per heavy atom. The molecule has 5 rings (SSSR count). The van der Waals surface area contributed by atoms with E-state index in [-0.39, 0.29) is 17.4 Å². The molecule has 0 saturated carbocycles. The fraction of sp³-hybridized carbons (Fsp3) is 0.115. The van der Waals surface area contributed by atoms with Gasteiger partial charge in [0.15, 0.2) is 5.78 Å². The molecular formula is C26H20FN3OS2. The maximum absolute atomic E-state index is 14.4. The fourth-order valence-corrected chi connectivity index (χ4v) is 5.92. The molecule has 0 bridgehead atoms. The molecule has 0 spiro atoms. The van der Waals surface area contributed by atoms with Gasteiger partial charge in [-0.05, 0) is 37.6 Å². The van der Waals surface area contributed by atoms with Crippen LogP contribution >= 0.6 is 23.1 Å². The number of aryl methyl sites for hydroxylation is 1. The second-order valence-electron chi connectivity index (χ2n) is 7.66. The minimum absolute atomic E-state index is 0.0149. The number of halogens is 1. The molecule has 0 fully saturated rings. The third-order valence-corrected chi connectivity index (χ3v) is 7.46. The van der Waals surface area contributed by atoms with Crippen LogP contribution in [-0.2, 0) is 0 Å². The van der Waals surface area contributed by atoms with Gasteiger partial charge in [-0.3, -0.25) is 4.79 Å². The van der Waals surface area contributed by atoms with Crippen molar-refractivity contribution < 1.29 is 9.18 Å². The van der Waals surface area contributed by atoms with Crippen LogP contribution in [0.25, 0.3) is 27.0 Å². The van der Waals surface area contributed by atoms with Gasteiger partial charge in [0.1, 0.15) is 22.0 Å². The molecule has 164 valence electrons. The summed E-state index contributed by atoms with van der Waals surface area (Å²) in [5.74, 6) is -0.0986. The number of para-hydroxylation sites is 1. The maximum atomic E-state index is 14.4. The maximum Gasteiger partial charge on any atom is 0.174 e. The summed E-state index contributed by atoms with van der Waals surface area (Å²) in [6.07, 6.45) is 1.55. The van der Waals surface area contributed by atoms with Gasteiger partial charge >= 0.3 is 0 Å². The Hall–Kier alpha value is -3.29. The summed E-state index contributed by atoms with van der Waals surface area (Å²) in [7, 11) is 0. The number of aromatic nitrogens is 3. The second-order valence-corrected chi connectivity index (χ2v) is 9.48. The first-order chi connectivity index (χ1) is 16.0. The van der Waals surface area contributed by atoms with Gasteiger partial charge in [-0.15, -0.1) is 11.3 Å². The lowest BCUT2D eigenvalue weighted by molar-refractivity contribution is 0.102. The molecule has 4 nitrogen and oxygen atoms in total. The molecule has 0 aliphatic heterocycles. The van der Waals surface area contributed by atoms with Crippen LogP contribution < -0.4 is 0 Å². The summed E-state index contributed by atoms with van der Waals surface area (Å²) in [4.78, 5) is 23.0. The van der Waals surface area contributed by atoms with Crippen LogP contribution in [0.1, 0.15) is 21.7 Å². The van der Waals surface area contributed by atoms with Crippen molar-refractivity contribution in [2.24, 2.45) is 0 Å². The van der Waals surface area contributed by atoms with E-state index in [1.54, 1.807) is 40.4 Å². The van der Waals surface area contributed by atoms with Gasteiger partial charge in [0, 0.05) is 27.9 Å². The van der Waals surface area contributed by atoms with Crippen LogP contribution in [0.2, 0.25) is 0 Å². The van der Waals surface area contributed by atoms with Crippen molar-refractivity contribution >= 4 is 39.1 Å². The van der Waals surface area contributed by atoms with E-state index in [9.17, 15) is 9.18 Å². The number of hydrogen-bond donors (Lipinski definition) is 0. The number of nitrogens with zero attached hydrogens (tertiary/aromatic N) is 3. The standard InChI is InChI=1S/C26H20FN3OS2/c1-16-12-19(17(2)30(16)22-11-7-6-10-21(22)27)23(31)14-33-26-24-20(18-8-4-3-5-9-18)13-32-25(24)28-15-29-26/h3-13,15H,14H2,1-2H3. The first kappa shape index (κ1) is 21.6.